The van der Waals surface area contributed by atoms with E-state index in [1.54, 1.807) is 0 Å². The summed E-state index contributed by atoms with van der Waals surface area (Å²) in [6.07, 6.45) is 8.60. The Hall–Kier alpha value is -1.00. The van der Waals surface area contributed by atoms with Gasteiger partial charge in [0.05, 0.1) is 5.69 Å². The Bertz CT molecular complexity index is 543. The molecular formula is C15H21N3S. The number of nitrogens with two attached hydrogens (primary N) is 1. The second-order valence-corrected chi connectivity index (χ2v) is 6.30. The first kappa shape index (κ1) is 13.0. The summed E-state index contributed by atoms with van der Waals surface area (Å²) >= 11 is 1.92. The molecule has 0 saturated heterocycles. The minimum Gasteiger partial charge on any atom is -0.330 e. The fourth-order valence-corrected chi connectivity index (χ4v) is 4.13. The highest BCUT2D eigenvalue weighted by Crippen LogP contribution is 2.32. The summed E-state index contributed by atoms with van der Waals surface area (Å²) in [6, 6.07) is 6.17. The van der Waals surface area contributed by atoms with Crippen LogP contribution in [0.2, 0.25) is 0 Å². The number of nitrogens with zero attached hydrogens (tertiary/aromatic N) is 2. The molecule has 102 valence electrons. The molecule has 2 aromatic rings. The summed E-state index contributed by atoms with van der Waals surface area (Å²) in [5, 5.41) is 1.18. The molecule has 0 aromatic carbocycles. The molecule has 0 aliphatic heterocycles. The van der Waals surface area contributed by atoms with Crippen LogP contribution in [0.3, 0.4) is 0 Å². The van der Waals surface area contributed by atoms with Crippen LogP contribution in [0.15, 0.2) is 29.4 Å². The van der Waals surface area contributed by atoms with Gasteiger partial charge in [-0.15, -0.1) is 11.8 Å². The first-order chi connectivity index (χ1) is 9.38. The van der Waals surface area contributed by atoms with Crippen molar-refractivity contribution in [2.24, 2.45) is 11.7 Å². The maximum atomic E-state index is 5.75. The number of rotatable bonds is 5. The molecule has 1 aliphatic rings. The zero-order chi connectivity index (χ0) is 13.1. The van der Waals surface area contributed by atoms with Crippen molar-refractivity contribution in [3.8, 4) is 0 Å². The Kier molecular flexibility index (Phi) is 4.09. The summed E-state index contributed by atoms with van der Waals surface area (Å²) in [5.74, 6) is 2.10. The molecule has 2 heterocycles. The van der Waals surface area contributed by atoms with Gasteiger partial charge < -0.3 is 10.1 Å². The molecule has 2 aromatic heterocycles. The van der Waals surface area contributed by atoms with Crippen LogP contribution in [0.4, 0.5) is 0 Å². The Morgan fingerprint density at radius 1 is 1.32 bits per heavy atom. The van der Waals surface area contributed by atoms with Crippen LogP contribution in [0, 0.1) is 5.92 Å². The standard InChI is InChI=1S/C15H21N3S/c16-9-8-13-15(19-11-12-5-1-2-6-12)17-14-7-3-4-10-18(13)14/h3-4,7,10,12H,1-2,5-6,8-9,11,16H2. The van der Waals surface area contributed by atoms with Gasteiger partial charge in [-0.05, 0) is 37.4 Å². The van der Waals surface area contributed by atoms with E-state index in [4.69, 9.17) is 10.7 Å². The molecule has 0 amide bonds. The number of hydrogen-bond donors (Lipinski definition) is 1. The average molecular weight is 275 g/mol. The highest BCUT2D eigenvalue weighted by atomic mass is 32.2. The molecule has 1 saturated carbocycles. The fourth-order valence-electron chi connectivity index (χ4n) is 2.88. The number of aromatic nitrogens is 2. The van der Waals surface area contributed by atoms with Gasteiger partial charge in [-0.2, -0.15) is 0 Å². The van der Waals surface area contributed by atoms with Crippen molar-refractivity contribution in [2.75, 3.05) is 12.3 Å². The summed E-state index contributed by atoms with van der Waals surface area (Å²) in [4.78, 5) is 4.76. The molecule has 1 fully saturated rings. The molecule has 3 nitrogen and oxygen atoms in total. The smallest absolute Gasteiger partial charge is 0.138 e. The summed E-state index contributed by atoms with van der Waals surface area (Å²) < 4.78 is 2.18. The Morgan fingerprint density at radius 2 is 2.16 bits per heavy atom. The summed E-state index contributed by atoms with van der Waals surface area (Å²) in [6.45, 7) is 0.680. The van der Waals surface area contributed by atoms with Crippen LogP contribution >= 0.6 is 11.8 Å². The second-order valence-electron chi connectivity index (χ2n) is 5.29. The van der Waals surface area contributed by atoms with E-state index < -0.39 is 0 Å². The molecular weight excluding hydrogens is 254 g/mol. The van der Waals surface area contributed by atoms with Gasteiger partial charge in [0, 0.05) is 18.4 Å². The largest absolute Gasteiger partial charge is 0.330 e. The van der Waals surface area contributed by atoms with Gasteiger partial charge in [-0.3, -0.25) is 0 Å². The van der Waals surface area contributed by atoms with Crippen molar-refractivity contribution in [3.63, 3.8) is 0 Å². The number of imidazole rings is 1. The first-order valence-corrected chi connectivity index (χ1v) is 8.16. The molecule has 4 heteroatoms. The van der Waals surface area contributed by atoms with Gasteiger partial charge in [-0.25, -0.2) is 4.98 Å². The monoisotopic (exact) mass is 275 g/mol. The van der Waals surface area contributed by atoms with Crippen LogP contribution in [-0.2, 0) is 6.42 Å². The third-order valence-electron chi connectivity index (χ3n) is 3.90. The highest BCUT2D eigenvalue weighted by Gasteiger charge is 2.18. The molecule has 2 N–H and O–H groups in total. The van der Waals surface area contributed by atoms with Crippen LogP contribution in [0.5, 0.6) is 0 Å². The third-order valence-corrected chi connectivity index (χ3v) is 5.14. The molecule has 1 aliphatic carbocycles. The number of hydrogen-bond acceptors (Lipinski definition) is 3. The van der Waals surface area contributed by atoms with Crippen molar-refractivity contribution >= 4 is 17.4 Å². The Morgan fingerprint density at radius 3 is 2.95 bits per heavy atom. The topological polar surface area (TPSA) is 43.3 Å². The minimum absolute atomic E-state index is 0.680. The van der Waals surface area contributed by atoms with Crippen molar-refractivity contribution in [1.82, 2.24) is 9.38 Å². The lowest BCUT2D eigenvalue weighted by Gasteiger charge is -2.08. The van der Waals surface area contributed by atoms with E-state index in [1.165, 1.54) is 42.2 Å². The number of fused-ring (bicyclic) bond motifs is 1. The van der Waals surface area contributed by atoms with Crippen LogP contribution in [0.1, 0.15) is 31.4 Å². The van der Waals surface area contributed by atoms with E-state index in [-0.39, 0.29) is 0 Å². The molecule has 0 unspecified atom stereocenters. The van der Waals surface area contributed by atoms with E-state index in [1.807, 2.05) is 17.8 Å². The van der Waals surface area contributed by atoms with Crippen LogP contribution in [-0.4, -0.2) is 21.7 Å². The molecule has 0 spiro atoms. The maximum absolute atomic E-state index is 5.75. The molecule has 3 rings (SSSR count). The first-order valence-electron chi connectivity index (χ1n) is 7.17. The van der Waals surface area contributed by atoms with Crippen molar-refractivity contribution in [2.45, 2.75) is 37.1 Å². The molecule has 19 heavy (non-hydrogen) atoms. The van der Waals surface area contributed by atoms with Gasteiger partial charge in [0.2, 0.25) is 0 Å². The second kappa shape index (κ2) is 5.97. The SMILES string of the molecule is NCCc1c(SCC2CCCC2)nc2ccccn12. The normalized spacial score (nSPS) is 16.5. The predicted octanol–water partition coefficient (Wildman–Crippen LogP) is 3.12. The fraction of sp³-hybridized carbons (Fsp3) is 0.533. The van der Waals surface area contributed by atoms with Gasteiger partial charge >= 0.3 is 0 Å². The molecule has 0 bridgehead atoms. The zero-order valence-electron chi connectivity index (χ0n) is 11.2. The van der Waals surface area contributed by atoms with E-state index in [9.17, 15) is 0 Å². The van der Waals surface area contributed by atoms with Gasteiger partial charge in [0.25, 0.3) is 0 Å². The Balaban J connectivity index is 1.82. The quantitative estimate of drug-likeness (QED) is 0.853. The van der Waals surface area contributed by atoms with E-state index >= 15 is 0 Å². The van der Waals surface area contributed by atoms with E-state index in [0.717, 1.165) is 18.0 Å². The third kappa shape index (κ3) is 2.79. The van der Waals surface area contributed by atoms with Crippen molar-refractivity contribution in [1.29, 1.82) is 0 Å². The minimum atomic E-state index is 0.680. The maximum Gasteiger partial charge on any atom is 0.138 e. The lowest BCUT2D eigenvalue weighted by molar-refractivity contribution is 0.622. The Labute approximate surface area is 118 Å². The van der Waals surface area contributed by atoms with Crippen molar-refractivity contribution in [3.05, 3.63) is 30.1 Å². The number of thioether (sulfide) groups is 1. The molecule has 0 radical (unpaired) electrons. The zero-order valence-corrected chi connectivity index (χ0v) is 12.0. The van der Waals surface area contributed by atoms with Gasteiger partial charge in [0.1, 0.15) is 10.7 Å². The van der Waals surface area contributed by atoms with Crippen molar-refractivity contribution < 1.29 is 0 Å². The predicted molar refractivity (Wildman–Crippen MR) is 80.6 cm³/mol. The highest BCUT2D eigenvalue weighted by molar-refractivity contribution is 7.99. The van der Waals surface area contributed by atoms with Gasteiger partial charge in [0.15, 0.2) is 0 Å². The van der Waals surface area contributed by atoms with E-state index in [2.05, 4.69) is 22.7 Å². The van der Waals surface area contributed by atoms with E-state index in [0.29, 0.717) is 6.54 Å². The lowest BCUT2D eigenvalue weighted by atomic mass is 10.1. The molecule has 0 atom stereocenters. The number of pyridine rings is 1. The van der Waals surface area contributed by atoms with Crippen LogP contribution in [0.25, 0.3) is 5.65 Å². The van der Waals surface area contributed by atoms with Crippen LogP contribution < -0.4 is 5.73 Å². The van der Waals surface area contributed by atoms with Gasteiger partial charge in [-0.1, -0.05) is 18.9 Å². The average Bonchev–Trinajstić information content (AvgIpc) is 3.05. The lowest BCUT2D eigenvalue weighted by Crippen LogP contribution is -2.06. The summed E-state index contributed by atoms with van der Waals surface area (Å²) in [7, 11) is 0. The summed E-state index contributed by atoms with van der Waals surface area (Å²) in [5.41, 5.74) is 8.07.